The smallest absolute Gasteiger partial charge is 0.408 e. The van der Waals surface area contributed by atoms with Crippen molar-refractivity contribution in [2.75, 3.05) is 6.54 Å². The summed E-state index contributed by atoms with van der Waals surface area (Å²) in [5.74, 6) is 1.90. The summed E-state index contributed by atoms with van der Waals surface area (Å²) in [7, 11) is 0. The number of hydrogen-bond donors (Lipinski definition) is 2. The average Bonchev–Trinajstić information content (AvgIpc) is 2.92. The number of terminal acetylenes is 1. The molecule has 7 heteroatoms. The summed E-state index contributed by atoms with van der Waals surface area (Å²) >= 11 is 0. The van der Waals surface area contributed by atoms with Gasteiger partial charge in [-0.05, 0) is 56.9 Å². The molecular weight excluding hydrogens is 502 g/mol. The van der Waals surface area contributed by atoms with Gasteiger partial charge in [0.05, 0.1) is 0 Å². The van der Waals surface area contributed by atoms with Crippen molar-refractivity contribution in [2.24, 2.45) is 0 Å². The number of carbonyl (C=O) groups is 3. The molecule has 0 aromatic heterocycles. The fourth-order valence-corrected chi connectivity index (χ4v) is 4.92. The molecule has 0 heterocycles. The Bertz CT molecular complexity index is 1190. The van der Waals surface area contributed by atoms with Crippen LogP contribution in [0, 0.1) is 12.3 Å². The van der Waals surface area contributed by atoms with Gasteiger partial charge in [-0.25, -0.2) is 4.79 Å². The molecule has 7 nitrogen and oxygen atoms in total. The summed E-state index contributed by atoms with van der Waals surface area (Å²) in [5.41, 5.74) is 1.41. The zero-order valence-electron chi connectivity index (χ0n) is 23.8. The lowest BCUT2D eigenvalue weighted by Gasteiger charge is -2.35. The van der Waals surface area contributed by atoms with Crippen molar-refractivity contribution < 1.29 is 19.1 Å². The van der Waals surface area contributed by atoms with E-state index in [1.807, 2.05) is 30.3 Å². The third kappa shape index (κ3) is 9.01. The van der Waals surface area contributed by atoms with Crippen LogP contribution in [0.5, 0.6) is 0 Å². The van der Waals surface area contributed by atoms with Gasteiger partial charge in [0.2, 0.25) is 11.8 Å². The largest absolute Gasteiger partial charge is 0.444 e. The Hall–Kier alpha value is -4.05. The monoisotopic (exact) mass is 543 g/mol. The Labute approximate surface area is 238 Å². The predicted octanol–water partition coefficient (Wildman–Crippen LogP) is 5.31. The topological polar surface area (TPSA) is 87.7 Å². The summed E-state index contributed by atoms with van der Waals surface area (Å²) in [4.78, 5) is 42.5. The van der Waals surface area contributed by atoms with Crippen molar-refractivity contribution >= 4 is 17.9 Å². The van der Waals surface area contributed by atoms with Crippen molar-refractivity contribution in [3.05, 3.63) is 83.9 Å². The quantitative estimate of drug-likeness (QED) is 0.314. The fraction of sp³-hybridized carbons (Fsp3) is 0.424. The third-order valence-electron chi connectivity index (χ3n) is 6.79. The molecule has 2 aromatic rings. The van der Waals surface area contributed by atoms with Crippen molar-refractivity contribution in [1.82, 2.24) is 15.5 Å². The molecule has 2 atom stereocenters. The molecule has 0 saturated heterocycles. The van der Waals surface area contributed by atoms with E-state index in [2.05, 4.69) is 23.1 Å². The van der Waals surface area contributed by atoms with Crippen molar-refractivity contribution in [3.63, 3.8) is 0 Å². The van der Waals surface area contributed by atoms with E-state index in [9.17, 15) is 14.4 Å². The predicted molar refractivity (Wildman–Crippen MR) is 157 cm³/mol. The second kappa shape index (κ2) is 14.4. The van der Waals surface area contributed by atoms with Crippen molar-refractivity contribution in [1.29, 1.82) is 0 Å². The van der Waals surface area contributed by atoms with Gasteiger partial charge in [-0.1, -0.05) is 73.7 Å². The molecule has 40 heavy (non-hydrogen) atoms. The van der Waals surface area contributed by atoms with E-state index >= 15 is 0 Å². The highest BCUT2D eigenvalue weighted by Gasteiger charge is 2.36. The summed E-state index contributed by atoms with van der Waals surface area (Å²) in [6.07, 6.45) is 11.7. The molecule has 1 fully saturated rings. The second-order valence-corrected chi connectivity index (χ2v) is 11.2. The van der Waals surface area contributed by atoms with Gasteiger partial charge in [0.15, 0.2) is 0 Å². The zero-order valence-corrected chi connectivity index (χ0v) is 23.8. The summed E-state index contributed by atoms with van der Waals surface area (Å²) in [6, 6.07) is 14.6. The minimum absolute atomic E-state index is 0.0504. The van der Waals surface area contributed by atoms with Gasteiger partial charge in [0.1, 0.15) is 17.7 Å². The van der Waals surface area contributed by atoms with Crippen molar-refractivity contribution in [2.45, 2.75) is 83.0 Å². The molecule has 0 aliphatic heterocycles. The van der Waals surface area contributed by atoms with Gasteiger partial charge < -0.3 is 20.3 Å². The first-order valence-electron chi connectivity index (χ1n) is 13.9. The maximum atomic E-state index is 14.3. The van der Waals surface area contributed by atoms with E-state index in [0.29, 0.717) is 11.1 Å². The lowest BCUT2D eigenvalue weighted by atomic mass is 9.94. The molecule has 3 rings (SSSR count). The molecule has 1 aliphatic carbocycles. The van der Waals surface area contributed by atoms with E-state index in [4.69, 9.17) is 11.2 Å². The number of amides is 3. The van der Waals surface area contributed by atoms with Crippen LogP contribution in [0.3, 0.4) is 0 Å². The van der Waals surface area contributed by atoms with Gasteiger partial charge >= 0.3 is 6.09 Å². The number of ether oxygens (including phenoxy) is 1. The number of carbonyl (C=O) groups excluding carboxylic acids is 3. The molecule has 1 aliphatic rings. The second-order valence-electron chi connectivity index (χ2n) is 11.2. The molecule has 0 radical (unpaired) electrons. The van der Waals surface area contributed by atoms with Gasteiger partial charge in [0, 0.05) is 24.6 Å². The Morgan fingerprint density at radius 3 is 2.30 bits per heavy atom. The molecule has 0 spiro atoms. The van der Waals surface area contributed by atoms with Crippen LogP contribution in [0.1, 0.15) is 75.6 Å². The molecule has 212 valence electrons. The minimum Gasteiger partial charge on any atom is -0.444 e. The van der Waals surface area contributed by atoms with Crippen LogP contribution in [0.4, 0.5) is 4.79 Å². The Balaban J connectivity index is 1.99. The van der Waals surface area contributed by atoms with Gasteiger partial charge in [0.25, 0.3) is 0 Å². The van der Waals surface area contributed by atoms with E-state index in [0.717, 1.165) is 37.7 Å². The van der Waals surface area contributed by atoms with Crippen molar-refractivity contribution in [3.8, 4) is 12.3 Å². The highest BCUT2D eigenvalue weighted by atomic mass is 16.6. The first-order valence-corrected chi connectivity index (χ1v) is 13.9. The molecule has 2 unspecified atom stereocenters. The number of benzene rings is 2. The van der Waals surface area contributed by atoms with E-state index < -0.39 is 29.7 Å². The first-order chi connectivity index (χ1) is 19.1. The first kappa shape index (κ1) is 30.5. The van der Waals surface area contributed by atoms with Crippen LogP contribution < -0.4 is 10.6 Å². The summed E-state index contributed by atoms with van der Waals surface area (Å²) < 4.78 is 5.48. The van der Waals surface area contributed by atoms with Crippen LogP contribution in [-0.2, 0) is 20.7 Å². The standard InChI is InChI=1S/C33H41N3O4/c1-6-22-36(31(38)28(23-25-14-10-8-11-15-25)35-32(39)40-33(3,4)5)29(26-20-18-24(7-2)19-21-26)30(37)34-27-16-12-9-13-17-27/h2,6,8,10-11,14-15,18-21,27-29H,1,9,12-13,16-17,22-23H2,3-5H3,(H,34,37)(H,35,39). The highest BCUT2D eigenvalue weighted by Crippen LogP contribution is 2.26. The lowest BCUT2D eigenvalue weighted by Crippen LogP contribution is -2.54. The van der Waals surface area contributed by atoms with E-state index in [1.54, 1.807) is 51.1 Å². The number of nitrogens with one attached hydrogen (secondary N) is 2. The van der Waals surface area contributed by atoms with Crippen LogP contribution in [0.2, 0.25) is 0 Å². The molecule has 1 saturated carbocycles. The molecule has 2 aromatic carbocycles. The molecule has 0 bridgehead atoms. The molecule has 2 N–H and O–H groups in total. The van der Waals surface area contributed by atoms with Crippen LogP contribution in [-0.4, -0.2) is 47.0 Å². The Kier molecular flexibility index (Phi) is 11.0. The maximum Gasteiger partial charge on any atom is 0.408 e. The highest BCUT2D eigenvalue weighted by molar-refractivity contribution is 5.92. The summed E-state index contributed by atoms with van der Waals surface area (Å²) in [5, 5.41) is 5.94. The molecular formula is C33H41N3O4. The Morgan fingerprint density at radius 1 is 1.07 bits per heavy atom. The van der Waals surface area contributed by atoms with Gasteiger partial charge in [-0.15, -0.1) is 13.0 Å². The van der Waals surface area contributed by atoms with Crippen LogP contribution >= 0.6 is 0 Å². The number of rotatable bonds is 10. The zero-order chi connectivity index (χ0) is 29.1. The van der Waals surface area contributed by atoms with Gasteiger partial charge in [-0.3, -0.25) is 9.59 Å². The normalized spacial score (nSPS) is 15.2. The SMILES string of the molecule is C#Cc1ccc(C(C(=O)NC2CCCCC2)N(CC=C)C(=O)C(Cc2ccccc2)NC(=O)OC(C)(C)C)cc1. The fourth-order valence-electron chi connectivity index (χ4n) is 4.92. The van der Waals surface area contributed by atoms with Crippen LogP contribution in [0.15, 0.2) is 67.3 Å². The van der Waals surface area contributed by atoms with Gasteiger partial charge in [-0.2, -0.15) is 0 Å². The minimum atomic E-state index is -0.979. The maximum absolute atomic E-state index is 14.3. The Morgan fingerprint density at radius 2 is 1.73 bits per heavy atom. The molecule has 3 amide bonds. The lowest BCUT2D eigenvalue weighted by molar-refractivity contribution is -0.142. The number of nitrogens with zero attached hydrogens (tertiary/aromatic N) is 1. The average molecular weight is 544 g/mol. The number of hydrogen-bond acceptors (Lipinski definition) is 4. The number of alkyl carbamates (subject to hydrolysis) is 1. The third-order valence-corrected chi connectivity index (χ3v) is 6.79. The van der Waals surface area contributed by atoms with E-state index in [1.165, 1.54) is 4.90 Å². The summed E-state index contributed by atoms with van der Waals surface area (Å²) in [6.45, 7) is 9.23. The van der Waals surface area contributed by atoms with E-state index in [-0.39, 0.29) is 24.9 Å². The van der Waals surface area contributed by atoms with Crippen LogP contribution in [0.25, 0.3) is 0 Å².